The Hall–Kier alpha value is -3.70. The van der Waals surface area contributed by atoms with Gasteiger partial charge in [-0.15, -0.1) is 0 Å². The van der Waals surface area contributed by atoms with Gasteiger partial charge in [0.1, 0.15) is 0 Å². The maximum Gasteiger partial charge on any atom is 0.332 e. The second-order valence-corrected chi connectivity index (χ2v) is 8.13. The molecule has 3 aromatic carbocycles. The lowest BCUT2D eigenvalue weighted by atomic mass is 9.74. The van der Waals surface area contributed by atoms with Crippen molar-refractivity contribution >= 4 is 40.5 Å². The summed E-state index contributed by atoms with van der Waals surface area (Å²) in [6.45, 7) is 3.46. The van der Waals surface area contributed by atoms with Gasteiger partial charge in [0.15, 0.2) is 5.78 Å². The van der Waals surface area contributed by atoms with Crippen LogP contribution in [0.4, 0.5) is 0 Å². The normalized spacial score (nSPS) is 13.9. The van der Waals surface area contributed by atoms with Crippen molar-refractivity contribution in [2.24, 2.45) is 0 Å². The topological polar surface area (TPSA) is 69.7 Å². The molecule has 4 rings (SSSR count). The average molecular weight is 475 g/mol. The quantitative estimate of drug-likeness (QED) is 0.256. The highest BCUT2D eigenvalue weighted by atomic mass is 35.5. The maximum atomic E-state index is 13.9. The van der Waals surface area contributed by atoms with E-state index in [0.717, 1.165) is 0 Å². The molecule has 0 fully saturated rings. The molecule has 0 saturated carbocycles. The predicted molar refractivity (Wildman–Crippen MR) is 130 cm³/mol. The Morgan fingerprint density at radius 1 is 0.765 bits per heavy atom. The summed E-state index contributed by atoms with van der Waals surface area (Å²) in [6, 6.07) is 22.3. The van der Waals surface area contributed by atoms with E-state index in [0.29, 0.717) is 27.3 Å². The van der Waals surface area contributed by atoms with E-state index in [4.69, 9.17) is 21.1 Å². The van der Waals surface area contributed by atoms with Crippen LogP contribution in [0.5, 0.6) is 0 Å². The molecule has 0 atom stereocenters. The van der Waals surface area contributed by atoms with Crippen molar-refractivity contribution in [1.29, 1.82) is 0 Å². The molecule has 5 nitrogen and oxygen atoms in total. The molecule has 0 aliphatic heterocycles. The molecule has 3 aromatic rings. The lowest BCUT2D eigenvalue weighted by Gasteiger charge is -2.29. The first-order valence-electron chi connectivity index (χ1n) is 11.0. The van der Waals surface area contributed by atoms with Crippen molar-refractivity contribution in [3.8, 4) is 0 Å². The summed E-state index contributed by atoms with van der Waals surface area (Å²) < 4.78 is 10.9. The minimum Gasteiger partial charge on any atom is -0.465 e. The summed E-state index contributed by atoms with van der Waals surface area (Å²) in [5.74, 6) is -1.89. The monoisotopic (exact) mass is 474 g/mol. The predicted octanol–water partition coefficient (Wildman–Crippen LogP) is 5.51. The number of fused-ring (bicyclic) bond motifs is 1. The largest absolute Gasteiger partial charge is 0.465 e. The third kappa shape index (κ3) is 3.72. The molecular formula is C28H23ClO5. The van der Waals surface area contributed by atoms with Crippen LogP contribution in [-0.2, 0) is 24.5 Å². The Morgan fingerprint density at radius 3 is 1.91 bits per heavy atom. The molecule has 0 radical (unpaired) electrons. The van der Waals surface area contributed by atoms with Gasteiger partial charge >= 0.3 is 11.9 Å². The van der Waals surface area contributed by atoms with Gasteiger partial charge in [-0.1, -0.05) is 66.2 Å². The summed E-state index contributed by atoms with van der Waals surface area (Å²) in [5, 5.41) is 0.494. The van der Waals surface area contributed by atoms with E-state index >= 15 is 0 Å². The summed E-state index contributed by atoms with van der Waals surface area (Å²) in [6.07, 6.45) is 0. The Morgan fingerprint density at radius 2 is 1.32 bits per heavy atom. The van der Waals surface area contributed by atoms with Crippen LogP contribution in [0.2, 0.25) is 5.02 Å². The van der Waals surface area contributed by atoms with Gasteiger partial charge < -0.3 is 9.47 Å². The smallest absolute Gasteiger partial charge is 0.332 e. The SMILES string of the molecule is CCOC(=O)C1(C(=O)OCC)C(c2ccccc2)=C(C(=O)c2ccc(Cl)cc2)c2ccccc21. The molecular weight excluding hydrogens is 452 g/mol. The number of hydrogen-bond acceptors (Lipinski definition) is 5. The fraction of sp³-hybridized carbons (Fsp3) is 0.179. The minimum absolute atomic E-state index is 0.0602. The first-order chi connectivity index (χ1) is 16.5. The van der Waals surface area contributed by atoms with Gasteiger partial charge in [-0.25, -0.2) is 0 Å². The van der Waals surface area contributed by atoms with E-state index in [2.05, 4.69) is 0 Å². The lowest BCUT2D eigenvalue weighted by Crippen LogP contribution is -2.46. The summed E-state index contributed by atoms with van der Waals surface area (Å²) in [5.41, 5.74) is 0.353. The van der Waals surface area contributed by atoms with E-state index in [1.165, 1.54) is 0 Å². The van der Waals surface area contributed by atoms with Crippen LogP contribution < -0.4 is 0 Å². The molecule has 0 N–H and O–H groups in total. The fourth-order valence-corrected chi connectivity index (χ4v) is 4.54. The summed E-state index contributed by atoms with van der Waals surface area (Å²) in [7, 11) is 0. The fourth-order valence-electron chi connectivity index (χ4n) is 4.42. The van der Waals surface area contributed by atoms with E-state index in [1.807, 2.05) is 6.07 Å². The number of ketones is 1. The van der Waals surface area contributed by atoms with E-state index < -0.39 is 17.4 Å². The zero-order valence-corrected chi connectivity index (χ0v) is 19.6. The number of halogens is 1. The van der Waals surface area contributed by atoms with Gasteiger partial charge in [0, 0.05) is 21.7 Å². The van der Waals surface area contributed by atoms with Gasteiger partial charge in [0.25, 0.3) is 0 Å². The zero-order chi connectivity index (χ0) is 24.3. The summed E-state index contributed by atoms with van der Waals surface area (Å²) >= 11 is 6.03. The number of ether oxygens (including phenoxy) is 2. The number of esters is 2. The van der Waals surface area contributed by atoms with Gasteiger partial charge in [-0.3, -0.25) is 14.4 Å². The van der Waals surface area contributed by atoms with Crippen LogP contribution in [0.25, 0.3) is 11.1 Å². The Kier molecular flexibility index (Phi) is 6.66. The van der Waals surface area contributed by atoms with Crippen molar-refractivity contribution in [3.63, 3.8) is 0 Å². The third-order valence-electron chi connectivity index (χ3n) is 5.78. The molecule has 0 amide bonds. The van der Waals surface area contributed by atoms with Crippen LogP contribution in [0, 0.1) is 0 Å². The van der Waals surface area contributed by atoms with Crippen LogP contribution in [-0.4, -0.2) is 30.9 Å². The molecule has 0 unspecified atom stereocenters. The average Bonchev–Trinajstić information content (AvgIpc) is 3.17. The highest BCUT2D eigenvalue weighted by Gasteiger charge is 2.60. The van der Waals surface area contributed by atoms with Crippen molar-refractivity contribution in [2.75, 3.05) is 13.2 Å². The van der Waals surface area contributed by atoms with Crippen molar-refractivity contribution in [1.82, 2.24) is 0 Å². The minimum atomic E-state index is -1.94. The Labute approximate surface area is 203 Å². The molecule has 0 bridgehead atoms. The summed E-state index contributed by atoms with van der Waals surface area (Å²) in [4.78, 5) is 41.3. The number of carbonyl (C=O) groups is 3. The standard InChI is InChI=1S/C28H23ClO5/c1-3-33-26(31)28(27(32)34-4-2)22-13-9-8-12-21(22)23(24(28)18-10-6-5-7-11-18)25(30)19-14-16-20(29)17-15-19/h5-17H,3-4H2,1-2H3. The number of rotatable bonds is 7. The van der Waals surface area contributed by atoms with Crippen LogP contribution >= 0.6 is 11.6 Å². The van der Waals surface area contributed by atoms with Crippen LogP contribution in [0.3, 0.4) is 0 Å². The second-order valence-electron chi connectivity index (χ2n) is 7.69. The third-order valence-corrected chi connectivity index (χ3v) is 6.04. The number of hydrogen-bond donors (Lipinski definition) is 0. The van der Waals surface area contributed by atoms with Crippen molar-refractivity contribution in [2.45, 2.75) is 19.3 Å². The molecule has 34 heavy (non-hydrogen) atoms. The number of Topliss-reactive ketones (excluding diaryl/α,β-unsaturated/α-hetero) is 1. The molecule has 6 heteroatoms. The van der Waals surface area contributed by atoms with Crippen molar-refractivity contribution in [3.05, 3.63) is 106 Å². The van der Waals surface area contributed by atoms with Crippen LogP contribution in [0.1, 0.15) is 40.9 Å². The van der Waals surface area contributed by atoms with E-state index in [1.54, 1.807) is 86.6 Å². The number of carbonyl (C=O) groups excluding carboxylic acids is 3. The molecule has 0 aromatic heterocycles. The first kappa shape index (κ1) is 23.5. The Bertz CT molecular complexity index is 1260. The van der Waals surface area contributed by atoms with Gasteiger partial charge in [-0.2, -0.15) is 0 Å². The van der Waals surface area contributed by atoms with Gasteiger partial charge in [-0.05, 0) is 54.8 Å². The molecule has 1 aliphatic carbocycles. The molecule has 1 aliphatic rings. The van der Waals surface area contributed by atoms with Gasteiger partial charge in [0.05, 0.1) is 13.2 Å². The molecule has 0 saturated heterocycles. The van der Waals surface area contributed by atoms with E-state index in [-0.39, 0.29) is 30.1 Å². The molecule has 0 spiro atoms. The van der Waals surface area contributed by atoms with Crippen molar-refractivity contribution < 1.29 is 23.9 Å². The number of benzene rings is 3. The second kappa shape index (κ2) is 9.65. The highest BCUT2D eigenvalue weighted by Crippen LogP contribution is 2.53. The first-order valence-corrected chi connectivity index (χ1v) is 11.4. The Balaban J connectivity index is 2.13. The maximum absolute atomic E-state index is 13.9. The molecule has 0 heterocycles. The highest BCUT2D eigenvalue weighted by molar-refractivity contribution is 6.42. The lowest BCUT2D eigenvalue weighted by molar-refractivity contribution is -0.161. The van der Waals surface area contributed by atoms with Crippen LogP contribution in [0.15, 0.2) is 78.9 Å². The molecule has 172 valence electrons. The van der Waals surface area contributed by atoms with E-state index in [9.17, 15) is 14.4 Å². The van der Waals surface area contributed by atoms with Gasteiger partial charge in [0.2, 0.25) is 5.41 Å². The number of allylic oxidation sites excluding steroid dienone is 1. The zero-order valence-electron chi connectivity index (χ0n) is 18.8.